The zero-order valence-corrected chi connectivity index (χ0v) is 13.4. The van der Waals surface area contributed by atoms with E-state index in [0.29, 0.717) is 0 Å². The Morgan fingerprint density at radius 2 is 1.88 bits per heavy atom. The number of nitrogens with two attached hydrogens (primary N) is 1. The standard InChI is InChI=1S/C13H13Br2NS/c1-8-11(15)7-13(17-8)12(16)6-9-2-4-10(14)5-3-9/h2-5,7,12H,6,16H2,1H3. The van der Waals surface area contributed by atoms with Crippen molar-refractivity contribution >= 4 is 43.2 Å². The first-order chi connectivity index (χ1) is 8.06. The SMILES string of the molecule is Cc1sc(C(N)Cc2ccc(Br)cc2)cc1Br. The molecule has 1 unspecified atom stereocenters. The van der Waals surface area contributed by atoms with Gasteiger partial charge in [0, 0.05) is 24.7 Å². The van der Waals surface area contributed by atoms with E-state index < -0.39 is 0 Å². The average Bonchev–Trinajstić information content (AvgIpc) is 2.63. The van der Waals surface area contributed by atoms with E-state index in [1.807, 2.05) is 0 Å². The van der Waals surface area contributed by atoms with Crippen LogP contribution in [0, 0.1) is 6.92 Å². The zero-order valence-electron chi connectivity index (χ0n) is 9.41. The van der Waals surface area contributed by atoms with Gasteiger partial charge in [0.1, 0.15) is 0 Å². The van der Waals surface area contributed by atoms with Crippen molar-refractivity contribution in [3.8, 4) is 0 Å². The van der Waals surface area contributed by atoms with Gasteiger partial charge >= 0.3 is 0 Å². The lowest BCUT2D eigenvalue weighted by Gasteiger charge is -2.09. The predicted octanol–water partition coefficient (Wildman–Crippen LogP) is 4.82. The summed E-state index contributed by atoms with van der Waals surface area (Å²) < 4.78 is 2.26. The number of hydrogen-bond acceptors (Lipinski definition) is 2. The third-order valence-corrected chi connectivity index (χ3v) is 5.41. The van der Waals surface area contributed by atoms with E-state index >= 15 is 0 Å². The molecular formula is C13H13Br2NS. The lowest BCUT2D eigenvalue weighted by Crippen LogP contribution is -2.11. The summed E-state index contributed by atoms with van der Waals surface area (Å²) in [7, 11) is 0. The number of benzene rings is 1. The summed E-state index contributed by atoms with van der Waals surface area (Å²) in [6.45, 7) is 2.10. The first-order valence-electron chi connectivity index (χ1n) is 5.32. The van der Waals surface area contributed by atoms with E-state index in [2.05, 4.69) is 69.1 Å². The predicted molar refractivity (Wildman–Crippen MR) is 81.5 cm³/mol. The molecule has 1 aromatic carbocycles. The molecule has 17 heavy (non-hydrogen) atoms. The number of aryl methyl sites for hydroxylation is 1. The van der Waals surface area contributed by atoms with Gasteiger partial charge in [-0.25, -0.2) is 0 Å². The molecule has 0 aliphatic rings. The lowest BCUT2D eigenvalue weighted by atomic mass is 10.1. The molecule has 2 rings (SSSR count). The van der Waals surface area contributed by atoms with Gasteiger partial charge < -0.3 is 5.73 Å². The maximum absolute atomic E-state index is 6.23. The maximum Gasteiger partial charge on any atom is 0.0431 e. The van der Waals surface area contributed by atoms with E-state index in [1.165, 1.54) is 15.3 Å². The molecule has 2 N–H and O–H groups in total. The van der Waals surface area contributed by atoms with Crippen LogP contribution < -0.4 is 5.73 Å². The first-order valence-corrected chi connectivity index (χ1v) is 7.72. The van der Waals surface area contributed by atoms with Gasteiger partial charge in [0.2, 0.25) is 0 Å². The molecule has 0 saturated carbocycles. The molecule has 2 aromatic rings. The van der Waals surface area contributed by atoms with Gasteiger partial charge in [-0.1, -0.05) is 28.1 Å². The summed E-state index contributed by atoms with van der Waals surface area (Å²) in [5.41, 5.74) is 7.49. The normalized spacial score (nSPS) is 12.7. The van der Waals surface area contributed by atoms with Crippen molar-refractivity contribution in [2.24, 2.45) is 5.73 Å². The van der Waals surface area contributed by atoms with Gasteiger partial charge in [0.25, 0.3) is 0 Å². The Bertz CT molecular complexity index is 485. The summed E-state index contributed by atoms with van der Waals surface area (Å²) in [6, 6.07) is 10.5. The highest BCUT2D eigenvalue weighted by Gasteiger charge is 2.11. The van der Waals surface area contributed by atoms with Gasteiger partial charge in [-0.15, -0.1) is 11.3 Å². The van der Waals surface area contributed by atoms with E-state index in [9.17, 15) is 0 Å². The summed E-state index contributed by atoms with van der Waals surface area (Å²) >= 11 is 8.73. The molecule has 0 fully saturated rings. The first kappa shape index (κ1) is 13.3. The summed E-state index contributed by atoms with van der Waals surface area (Å²) in [5.74, 6) is 0. The Balaban J connectivity index is 2.11. The highest BCUT2D eigenvalue weighted by molar-refractivity contribution is 9.10. The summed E-state index contributed by atoms with van der Waals surface area (Å²) in [6.07, 6.45) is 0.875. The van der Waals surface area contributed by atoms with Crippen molar-refractivity contribution in [1.82, 2.24) is 0 Å². The third-order valence-electron chi connectivity index (χ3n) is 2.61. The highest BCUT2D eigenvalue weighted by atomic mass is 79.9. The van der Waals surface area contributed by atoms with Crippen LogP contribution >= 0.6 is 43.2 Å². The van der Waals surface area contributed by atoms with Crippen LogP contribution in [0.3, 0.4) is 0 Å². The Hall–Kier alpha value is -0.160. The maximum atomic E-state index is 6.23. The number of hydrogen-bond donors (Lipinski definition) is 1. The number of rotatable bonds is 3. The molecular weight excluding hydrogens is 362 g/mol. The third kappa shape index (κ3) is 3.41. The van der Waals surface area contributed by atoms with Gasteiger partial charge in [0.05, 0.1) is 0 Å². The van der Waals surface area contributed by atoms with E-state index in [-0.39, 0.29) is 6.04 Å². The van der Waals surface area contributed by atoms with Crippen molar-refractivity contribution in [1.29, 1.82) is 0 Å². The van der Waals surface area contributed by atoms with Crippen molar-refractivity contribution in [2.75, 3.05) is 0 Å². The second-order valence-electron chi connectivity index (χ2n) is 3.99. The van der Waals surface area contributed by atoms with Crippen LogP contribution in [0.4, 0.5) is 0 Å². The monoisotopic (exact) mass is 373 g/mol. The lowest BCUT2D eigenvalue weighted by molar-refractivity contribution is 0.736. The van der Waals surface area contributed by atoms with Crippen LogP contribution in [0.15, 0.2) is 39.3 Å². The van der Waals surface area contributed by atoms with Crippen molar-refractivity contribution in [2.45, 2.75) is 19.4 Å². The molecule has 0 aliphatic heterocycles. The van der Waals surface area contributed by atoms with Gasteiger partial charge in [-0.2, -0.15) is 0 Å². The van der Waals surface area contributed by atoms with Crippen LogP contribution in [-0.4, -0.2) is 0 Å². The quantitative estimate of drug-likeness (QED) is 0.818. The Morgan fingerprint density at radius 3 is 2.41 bits per heavy atom. The zero-order chi connectivity index (χ0) is 12.4. The van der Waals surface area contributed by atoms with Crippen molar-refractivity contribution in [3.63, 3.8) is 0 Å². The molecule has 1 atom stereocenters. The molecule has 90 valence electrons. The topological polar surface area (TPSA) is 26.0 Å². The Kier molecular flexibility index (Phi) is 4.42. The van der Waals surface area contributed by atoms with Crippen LogP contribution in [0.2, 0.25) is 0 Å². The minimum absolute atomic E-state index is 0.0752. The number of halogens is 2. The molecule has 0 aliphatic carbocycles. The second-order valence-corrected chi connectivity index (χ2v) is 7.05. The number of thiophene rings is 1. The van der Waals surface area contributed by atoms with Gasteiger partial charge in [-0.3, -0.25) is 0 Å². The molecule has 1 aromatic heterocycles. The molecule has 0 spiro atoms. The van der Waals surface area contributed by atoms with Crippen LogP contribution in [0.25, 0.3) is 0 Å². The molecule has 1 heterocycles. The highest BCUT2D eigenvalue weighted by Crippen LogP contribution is 2.31. The van der Waals surface area contributed by atoms with E-state index in [4.69, 9.17) is 5.73 Å². The van der Waals surface area contributed by atoms with Crippen molar-refractivity contribution in [3.05, 3.63) is 54.6 Å². The molecule has 1 nitrogen and oxygen atoms in total. The minimum Gasteiger partial charge on any atom is -0.323 e. The van der Waals surface area contributed by atoms with Gasteiger partial charge in [-0.05, 0) is 53.0 Å². The molecule has 0 radical (unpaired) electrons. The summed E-state index contributed by atoms with van der Waals surface area (Å²) in [4.78, 5) is 2.52. The molecule has 0 saturated heterocycles. The Morgan fingerprint density at radius 1 is 1.24 bits per heavy atom. The van der Waals surface area contributed by atoms with Gasteiger partial charge in [0.15, 0.2) is 0 Å². The fourth-order valence-electron chi connectivity index (χ4n) is 1.64. The van der Waals surface area contributed by atoms with Crippen molar-refractivity contribution < 1.29 is 0 Å². The van der Waals surface area contributed by atoms with E-state index in [0.717, 1.165) is 15.4 Å². The summed E-state index contributed by atoms with van der Waals surface area (Å²) in [5, 5.41) is 0. The molecule has 0 bridgehead atoms. The smallest absolute Gasteiger partial charge is 0.0431 e. The van der Waals surface area contributed by atoms with E-state index in [1.54, 1.807) is 11.3 Å². The largest absolute Gasteiger partial charge is 0.323 e. The van der Waals surface area contributed by atoms with Crippen LogP contribution in [0.5, 0.6) is 0 Å². The average molecular weight is 375 g/mol. The molecule has 0 amide bonds. The fraction of sp³-hybridized carbons (Fsp3) is 0.231. The fourth-order valence-corrected chi connectivity index (χ4v) is 3.47. The molecule has 4 heteroatoms. The second kappa shape index (κ2) is 5.65. The minimum atomic E-state index is 0.0752. The Labute approximate surface area is 122 Å². The van der Waals surface area contributed by atoms with Crippen LogP contribution in [-0.2, 0) is 6.42 Å². The van der Waals surface area contributed by atoms with Crippen LogP contribution in [0.1, 0.15) is 21.4 Å².